The Balaban J connectivity index is 1.90. The van der Waals surface area contributed by atoms with Crippen LogP contribution < -0.4 is 15.4 Å². The van der Waals surface area contributed by atoms with Crippen LogP contribution in [0.25, 0.3) is 0 Å². The summed E-state index contributed by atoms with van der Waals surface area (Å²) in [6, 6.07) is 9.99. The Hall–Kier alpha value is -1.63. The first kappa shape index (κ1) is 18.7. The molecule has 128 valence electrons. The fourth-order valence-electron chi connectivity index (χ4n) is 2.17. The summed E-state index contributed by atoms with van der Waals surface area (Å²) in [5, 5.41) is 4.59. The maximum atomic E-state index is 13.1. The molecule has 0 spiro atoms. The average molecular weight is 417 g/mol. The molecule has 0 aliphatic heterocycles. The van der Waals surface area contributed by atoms with Crippen LogP contribution in [0, 0.1) is 5.82 Å². The Morgan fingerprint density at radius 2 is 2.12 bits per heavy atom. The summed E-state index contributed by atoms with van der Waals surface area (Å²) in [4.78, 5) is 12.0. The van der Waals surface area contributed by atoms with Crippen LogP contribution in [0.15, 0.2) is 40.9 Å². The molecule has 0 fully saturated rings. The molecule has 1 atom stereocenters. The van der Waals surface area contributed by atoms with Crippen molar-refractivity contribution < 1.29 is 19.2 Å². The number of carbonyl (C=O) groups is 1. The number of benzene rings is 2. The topological polar surface area (TPSA) is 54.9 Å². The lowest BCUT2D eigenvalue weighted by atomic mass is 10.1. The van der Waals surface area contributed by atoms with Gasteiger partial charge in [0, 0.05) is 11.3 Å². The lowest BCUT2D eigenvalue weighted by Crippen LogP contribution is -2.86. The van der Waals surface area contributed by atoms with Crippen molar-refractivity contribution in [2.24, 2.45) is 0 Å². The van der Waals surface area contributed by atoms with Crippen LogP contribution in [0.5, 0.6) is 5.75 Å². The van der Waals surface area contributed by atoms with Crippen molar-refractivity contribution in [2.75, 3.05) is 19.0 Å². The summed E-state index contributed by atoms with van der Waals surface area (Å²) in [6.07, 6.45) is 0. The summed E-state index contributed by atoms with van der Waals surface area (Å²) in [5.74, 6) is 0.0638. The second-order valence-electron chi connectivity index (χ2n) is 5.30. The summed E-state index contributed by atoms with van der Waals surface area (Å²) < 4.78 is 19.2. The van der Waals surface area contributed by atoms with Crippen molar-refractivity contribution >= 4 is 39.1 Å². The highest BCUT2D eigenvalue weighted by molar-refractivity contribution is 9.10. The molecule has 24 heavy (non-hydrogen) atoms. The van der Waals surface area contributed by atoms with Crippen LogP contribution in [0.1, 0.15) is 18.5 Å². The van der Waals surface area contributed by atoms with Gasteiger partial charge in [-0.15, -0.1) is 0 Å². The Kier molecular flexibility index (Phi) is 6.60. The van der Waals surface area contributed by atoms with Crippen molar-refractivity contribution in [1.82, 2.24) is 0 Å². The predicted octanol–water partition coefficient (Wildman–Crippen LogP) is 3.51. The van der Waals surface area contributed by atoms with E-state index in [0.29, 0.717) is 5.69 Å². The van der Waals surface area contributed by atoms with Crippen LogP contribution in [0.2, 0.25) is 5.02 Å². The smallest absolute Gasteiger partial charge is 0.279 e. The van der Waals surface area contributed by atoms with Gasteiger partial charge in [-0.25, -0.2) is 4.39 Å². The normalized spacial score (nSPS) is 11.9. The molecule has 0 radical (unpaired) electrons. The molecule has 2 aromatic rings. The van der Waals surface area contributed by atoms with E-state index in [0.717, 1.165) is 15.8 Å². The first-order valence-corrected chi connectivity index (χ1v) is 8.49. The number of quaternary nitrogens is 1. The van der Waals surface area contributed by atoms with Gasteiger partial charge in [0.1, 0.15) is 17.6 Å². The third-order valence-corrected chi connectivity index (χ3v) is 4.47. The second kappa shape index (κ2) is 8.46. The van der Waals surface area contributed by atoms with Gasteiger partial charge in [-0.1, -0.05) is 11.6 Å². The number of halogens is 3. The number of hydrogen-bond acceptors (Lipinski definition) is 2. The molecule has 7 heteroatoms. The number of anilines is 1. The molecule has 0 aliphatic carbocycles. The molecule has 0 unspecified atom stereocenters. The quantitative estimate of drug-likeness (QED) is 0.757. The van der Waals surface area contributed by atoms with Crippen LogP contribution >= 0.6 is 27.5 Å². The van der Waals surface area contributed by atoms with Crippen LogP contribution in [-0.4, -0.2) is 19.6 Å². The van der Waals surface area contributed by atoms with Gasteiger partial charge in [0.05, 0.1) is 16.6 Å². The number of nitrogens with two attached hydrogens (primary N) is 1. The molecule has 0 saturated heterocycles. The van der Waals surface area contributed by atoms with Gasteiger partial charge in [-0.2, -0.15) is 0 Å². The van der Waals surface area contributed by atoms with Gasteiger partial charge in [-0.05, 0) is 59.3 Å². The largest absolute Gasteiger partial charge is 0.496 e. The highest BCUT2D eigenvalue weighted by atomic mass is 79.9. The number of nitrogens with one attached hydrogen (secondary N) is 1. The summed E-state index contributed by atoms with van der Waals surface area (Å²) in [7, 11) is 1.61. The molecule has 1 amide bonds. The third kappa shape index (κ3) is 4.93. The molecule has 0 heterocycles. The lowest BCUT2D eigenvalue weighted by molar-refractivity contribution is -0.682. The third-order valence-electron chi connectivity index (χ3n) is 3.56. The monoisotopic (exact) mass is 415 g/mol. The van der Waals surface area contributed by atoms with Crippen molar-refractivity contribution in [3.05, 3.63) is 57.3 Å². The summed E-state index contributed by atoms with van der Waals surface area (Å²) in [6.45, 7) is 2.25. The van der Waals surface area contributed by atoms with Crippen molar-refractivity contribution in [2.45, 2.75) is 13.0 Å². The van der Waals surface area contributed by atoms with Gasteiger partial charge in [0.15, 0.2) is 6.54 Å². The molecular formula is C17H18BrClFN2O2+. The Labute approximate surface area is 153 Å². The van der Waals surface area contributed by atoms with Crippen molar-refractivity contribution in [1.29, 1.82) is 0 Å². The first-order valence-electron chi connectivity index (χ1n) is 7.32. The molecule has 0 saturated carbocycles. The zero-order valence-electron chi connectivity index (χ0n) is 13.3. The van der Waals surface area contributed by atoms with Gasteiger partial charge in [-0.3, -0.25) is 4.79 Å². The molecular weight excluding hydrogens is 399 g/mol. The summed E-state index contributed by atoms with van der Waals surface area (Å²) in [5.41, 5.74) is 1.54. The minimum absolute atomic E-state index is 0.0202. The van der Waals surface area contributed by atoms with E-state index in [1.165, 1.54) is 18.2 Å². The molecule has 2 aromatic carbocycles. The Morgan fingerprint density at radius 3 is 2.75 bits per heavy atom. The van der Waals surface area contributed by atoms with E-state index < -0.39 is 5.82 Å². The highest BCUT2D eigenvalue weighted by Gasteiger charge is 2.14. The van der Waals surface area contributed by atoms with Crippen molar-refractivity contribution in [3.63, 3.8) is 0 Å². The fourth-order valence-corrected chi connectivity index (χ4v) is 2.91. The van der Waals surface area contributed by atoms with E-state index in [-0.39, 0.29) is 23.5 Å². The molecule has 2 rings (SSSR count). The maximum absolute atomic E-state index is 13.1. The van der Waals surface area contributed by atoms with Crippen LogP contribution in [0.4, 0.5) is 10.1 Å². The molecule has 0 aliphatic rings. The Bertz CT molecular complexity index is 743. The fraction of sp³-hybridized carbons (Fsp3) is 0.235. The first-order chi connectivity index (χ1) is 11.4. The van der Waals surface area contributed by atoms with Gasteiger partial charge in [0.25, 0.3) is 5.91 Å². The maximum Gasteiger partial charge on any atom is 0.279 e. The number of carbonyl (C=O) groups excluding carboxylic acids is 1. The minimum Gasteiger partial charge on any atom is -0.496 e. The predicted molar refractivity (Wildman–Crippen MR) is 95.9 cm³/mol. The Morgan fingerprint density at radius 1 is 1.38 bits per heavy atom. The number of methoxy groups -OCH3 is 1. The number of ether oxygens (including phenoxy) is 1. The van der Waals surface area contributed by atoms with E-state index >= 15 is 0 Å². The van der Waals surface area contributed by atoms with Gasteiger partial charge in [0.2, 0.25) is 0 Å². The van der Waals surface area contributed by atoms with Crippen LogP contribution in [-0.2, 0) is 4.79 Å². The van der Waals surface area contributed by atoms with Crippen LogP contribution in [0.3, 0.4) is 0 Å². The zero-order valence-corrected chi connectivity index (χ0v) is 15.6. The van der Waals surface area contributed by atoms with E-state index in [2.05, 4.69) is 21.2 Å². The van der Waals surface area contributed by atoms with E-state index in [1.807, 2.05) is 30.4 Å². The van der Waals surface area contributed by atoms with E-state index in [9.17, 15) is 9.18 Å². The number of rotatable bonds is 6. The molecule has 4 nitrogen and oxygen atoms in total. The SMILES string of the molecule is COc1ccc([C@@H](C)[NH2+]CC(=O)Nc2ccc(F)c(Cl)c2)cc1Br. The number of hydrogen-bond donors (Lipinski definition) is 2. The molecule has 0 aromatic heterocycles. The van der Waals surface area contributed by atoms with Crippen molar-refractivity contribution in [3.8, 4) is 5.75 Å². The van der Waals surface area contributed by atoms with E-state index in [1.54, 1.807) is 7.11 Å². The van der Waals surface area contributed by atoms with Gasteiger partial charge >= 0.3 is 0 Å². The van der Waals surface area contributed by atoms with E-state index in [4.69, 9.17) is 16.3 Å². The lowest BCUT2D eigenvalue weighted by Gasteiger charge is -2.13. The minimum atomic E-state index is -0.514. The zero-order chi connectivity index (χ0) is 17.7. The van der Waals surface area contributed by atoms with Gasteiger partial charge < -0.3 is 15.4 Å². The average Bonchev–Trinajstić information content (AvgIpc) is 2.56. The standard InChI is InChI=1S/C17H17BrClFN2O2/c1-10(11-3-6-16(24-2)13(18)7-11)21-9-17(23)22-12-4-5-15(20)14(19)8-12/h3-8,10,21H,9H2,1-2H3,(H,22,23)/p+1/t10-/m1/s1. The molecule has 3 N–H and O–H groups in total. The second-order valence-corrected chi connectivity index (χ2v) is 6.56. The highest BCUT2D eigenvalue weighted by Crippen LogP contribution is 2.27. The molecule has 0 bridgehead atoms. The summed E-state index contributed by atoms with van der Waals surface area (Å²) >= 11 is 9.15. The number of amides is 1.